The zero-order valence-corrected chi connectivity index (χ0v) is 8.76. The van der Waals surface area contributed by atoms with Crippen LogP contribution in [0.4, 0.5) is 0 Å². The molecule has 0 radical (unpaired) electrons. The van der Waals surface area contributed by atoms with Crippen molar-refractivity contribution in [3.8, 4) is 0 Å². The summed E-state index contributed by atoms with van der Waals surface area (Å²) in [6, 6.07) is 0. The van der Waals surface area contributed by atoms with E-state index in [0.717, 1.165) is 20.4 Å². The van der Waals surface area contributed by atoms with Gasteiger partial charge in [0, 0.05) is 10.4 Å². The molecule has 13 heavy (non-hydrogen) atoms. The maximum atomic E-state index is 8.74. The van der Waals surface area contributed by atoms with E-state index in [9.17, 15) is 0 Å². The molecule has 0 atom stereocenters. The molecule has 0 aromatic carbocycles. The maximum absolute atomic E-state index is 8.74. The van der Waals surface area contributed by atoms with Gasteiger partial charge in [0.05, 0.1) is 0 Å². The third-order valence-electron chi connectivity index (χ3n) is 0. The molecule has 0 spiro atoms. The topological polar surface area (TPSA) is 203 Å². The van der Waals surface area contributed by atoms with Crippen LogP contribution < -0.4 is 0 Å². The molecule has 0 bridgehead atoms. The van der Waals surface area contributed by atoms with E-state index >= 15 is 0 Å². The van der Waals surface area contributed by atoms with Gasteiger partial charge in [0.25, 0.3) is 0 Å². The van der Waals surface area contributed by atoms with Gasteiger partial charge in [0.1, 0.15) is 0 Å². The summed E-state index contributed by atoms with van der Waals surface area (Å²) < 4.78 is 73.9. The van der Waals surface area contributed by atoms with Crippen molar-refractivity contribution in [3.63, 3.8) is 0 Å². The first-order valence-corrected chi connectivity index (χ1v) is 4.94. The van der Waals surface area contributed by atoms with Crippen LogP contribution in [0.3, 0.4) is 0 Å². The van der Waals surface area contributed by atoms with E-state index in [1.54, 1.807) is 0 Å². The fraction of sp³-hybridized carbons (Fsp3) is 0. The third-order valence-corrected chi connectivity index (χ3v) is 0. The zero-order chi connectivity index (χ0) is 11.0. The Bertz CT molecular complexity index is 222. The molecule has 0 aliphatic heterocycles. The van der Waals surface area contributed by atoms with Gasteiger partial charge in [-0.2, -0.15) is 8.42 Å². The van der Waals surface area contributed by atoms with Crippen molar-refractivity contribution >= 4 is 20.8 Å². The molecule has 0 amide bonds. The first-order valence-electron chi connectivity index (χ1n) is 1.57. The molecule has 0 saturated heterocycles. The van der Waals surface area contributed by atoms with E-state index in [1.165, 1.54) is 0 Å². The van der Waals surface area contributed by atoms with Gasteiger partial charge >= 0.3 is 34.1 Å². The molecule has 0 fully saturated rings. The number of hydrogen-bond acceptors (Lipinski definition) is 7. The Kier molecular flexibility index (Phi) is 18.4. The molecule has 0 saturated carbocycles. The monoisotopic (exact) mass is 276 g/mol. The Labute approximate surface area is 85.1 Å². The van der Waals surface area contributed by atoms with Gasteiger partial charge in [-0.25, -0.2) is 0 Å². The molecular weight excluding hydrogens is 272 g/mol. The van der Waals surface area contributed by atoms with Crippen LogP contribution in [0.15, 0.2) is 0 Å². The summed E-state index contributed by atoms with van der Waals surface area (Å²) in [7, 11) is -9.83. The van der Waals surface area contributed by atoms with Crippen LogP contribution in [0.5, 0.6) is 0 Å². The minimum atomic E-state index is -5.17. The van der Waals surface area contributed by atoms with Gasteiger partial charge < -0.3 is 14.6 Å². The van der Waals surface area contributed by atoms with Crippen LogP contribution in [-0.2, 0) is 44.5 Å². The molecule has 0 aliphatic carbocycles. The fourth-order valence-corrected chi connectivity index (χ4v) is 0. The van der Waals surface area contributed by atoms with Crippen LogP contribution in [0.25, 0.3) is 0 Å². The van der Waals surface area contributed by atoms with Crippen molar-refractivity contribution in [3.05, 3.63) is 0 Å². The van der Waals surface area contributed by atoms with Gasteiger partial charge in [-0.05, 0) is 0 Å². The van der Waals surface area contributed by atoms with Crippen molar-refractivity contribution < 1.29 is 64.3 Å². The molecule has 10 nitrogen and oxygen atoms in total. The molecule has 0 unspecified atom stereocenters. The van der Waals surface area contributed by atoms with E-state index in [4.69, 9.17) is 38.4 Å². The second-order valence-electron chi connectivity index (χ2n) is 0.856. The molecule has 0 aromatic heterocycles. The third kappa shape index (κ3) is 27800. The van der Waals surface area contributed by atoms with E-state index in [1.807, 2.05) is 0 Å². The minimum absolute atomic E-state index is 0. The Morgan fingerprint density at radius 1 is 0.923 bits per heavy atom. The van der Waals surface area contributed by atoms with Crippen LogP contribution in [-0.4, -0.2) is 40.5 Å². The Morgan fingerprint density at radius 2 is 0.923 bits per heavy atom. The molecule has 0 rings (SSSR count). The fourth-order valence-electron chi connectivity index (χ4n) is 0. The normalized spacial score (nSPS) is 9.38. The van der Waals surface area contributed by atoms with E-state index in [2.05, 4.69) is 0 Å². The summed E-state index contributed by atoms with van der Waals surface area (Å²) in [5.41, 5.74) is 0. The van der Waals surface area contributed by atoms with Crippen molar-refractivity contribution in [2.24, 2.45) is 0 Å². The second-order valence-corrected chi connectivity index (χ2v) is 2.57. The van der Waals surface area contributed by atoms with Crippen LogP contribution in [0.2, 0.25) is 0 Å². The summed E-state index contributed by atoms with van der Waals surface area (Å²) >= 11 is 0.750. The standard InChI is InChI=1S/2H2O4S.H2O.O.Ti/c2*1-5(2,3)4;;;/h2*(H2,1,2,3,4);1H2;;/q;;;;+2/p-2. The second kappa shape index (κ2) is 10.3. The van der Waals surface area contributed by atoms with Gasteiger partial charge in [-0.1, -0.05) is 0 Å². The van der Waals surface area contributed by atoms with Crippen molar-refractivity contribution in [1.29, 1.82) is 0 Å². The molecule has 0 heterocycles. The van der Waals surface area contributed by atoms with Crippen LogP contribution in [0.1, 0.15) is 0 Å². The molecule has 0 aromatic rings. The molecular formula is H4O10S2Ti. The van der Waals surface area contributed by atoms with E-state index in [0.29, 0.717) is 0 Å². The molecule has 0 aliphatic rings. The van der Waals surface area contributed by atoms with Gasteiger partial charge in [0.2, 0.25) is 0 Å². The van der Waals surface area contributed by atoms with Crippen molar-refractivity contribution in [2.45, 2.75) is 0 Å². The summed E-state index contributed by atoms with van der Waals surface area (Å²) in [5.74, 6) is 0. The van der Waals surface area contributed by atoms with Crippen molar-refractivity contribution in [1.82, 2.24) is 0 Å². The quantitative estimate of drug-likeness (QED) is 0.263. The summed E-state index contributed by atoms with van der Waals surface area (Å²) in [6.07, 6.45) is 0. The Balaban J connectivity index is -0.0000000491. The molecule has 80 valence electrons. The Morgan fingerprint density at radius 3 is 0.923 bits per heavy atom. The van der Waals surface area contributed by atoms with Gasteiger partial charge in [-0.3, -0.25) is 17.5 Å². The van der Waals surface area contributed by atoms with Crippen LogP contribution in [0, 0.1) is 0 Å². The summed E-state index contributed by atoms with van der Waals surface area (Å²) in [6.45, 7) is 0. The van der Waals surface area contributed by atoms with Crippen molar-refractivity contribution in [2.75, 3.05) is 0 Å². The predicted molar refractivity (Wildman–Crippen MR) is 29.0 cm³/mol. The summed E-state index contributed by atoms with van der Waals surface area (Å²) in [4.78, 5) is 0. The first-order chi connectivity index (χ1) is 5.00. The molecule has 4 N–H and O–H groups in total. The van der Waals surface area contributed by atoms with Gasteiger partial charge in [-0.15, -0.1) is 0 Å². The Hall–Kier alpha value is 0.214. The summed E-state index contributed by atoms with van der Waals surface area (Å²) in [5, 5.41) is 0. The van der Waals surface area contributed by atoms with Gasteiger partial charge in [0.15, 0.2) is 0 Å². The SMILES string of the molecule is O.O=S(=O)(O)O.O=S(=O)([O-])[O-].[O]=[Ti+2]. The van der Waals surface area contributed by atoms with E-state index < -0.39 is 20.8 Å². The average Bonchev–Trinajstić information content (AvgIpc) is 1.59. The first kappa shape index (κ1) is 23.2. The number of rotatable bonds is 0. The predicted octanol–water partition coefficient (Wildman–Crippen LogP) is -2.94. The average molecular weight is 276 g/mol. The van der Waals surface area contributed by atoms with E-state index in [-0.39, 0.29) is 5.48 Å². The number of hydrogen-bond donors (Lipinski definition) is 2. The molecule has 13 heteroatoms. The zero-order valence-electron chi connectivity index (χ0n) is 5.57. The van der Waals surface area contributed by atoms with Crippen LogP contribution >= 0.6 is 0 Å².